The molecule has 0 aromatic heterocycles. The van der Waals surface area contributed by atoms with Gasteiger partial charge in [-0.1, -0.05) is 35.3 Å². The first kappa shape index (κ1) is 29.3. The SMILES string of the molecule is CCOc1cc(C=C2SC(=Nc3cccc(C(=O)O)c3)N(CC)C2=O)cc(I)c1OCc1ccc(Cl)cc1Cl. The summed E-state index contributed by atoms with van der Waals surface area (Å²) in [4.78, 5) is 31.1. The van der Waals surface area contributed by atoms with Gasteiger partial charge >= 0.3 is 5.97 Å². The van der Waals surface area contributed by atoms with Crippen molar-refractivity contribution in [3.05, 3.63) is 89.8 Å². The molecule has 7 nitrogen and oxygen atoms in total. The maximum atomic E-state index is 13.2. The standard InChI is InChI=1S/C28H23Cl2IN2O5S/c1-3-33-26(34)24(39-28(33)32-20-7-5-6-17(13-20)27(35)36)12-16-10-22(31)25(23(11-16)37-4-2)38-15-18-8-9-19(29)14-21(18)30/h5-14H,3-4,15H2,1-2H3,(H,35,36). The largest absolute Gasteiger partial charge is 0.490 e. The Morgan fingerprint density at radius 3 is 2.62 bits per heavy atom. The van der Waals surface area contributed by atoms with E-state index in [-0.39, 0.29) is 18.1 Å². The number of carbonyl (C=O) groups is 2. The first-order valence-electron chi connectivity index (χ1n) is 11.9. The average molecular weight is 697 g/mol. The molecular weight excluding hydrogens is 674 g/mol. The number of hydrogen-bond acceptors (Lipinski definition) is 6. The van der Waals surface area contributed by atoms with Gasteiger partial charge in [-0.25, -0.2) is 9.79 Å². The number of aliphatic imine (C=N–C) groups is 1. The zero-order valence-corrected chi connectivity index (χ0v) is 25.4. The maximum absolute atomic E-state index is 13.2. The van der Waals surface area contributed by atoms with Gasteiger partial charge in [-0.05, 0) is 102 Å². The predicted octanol–water partition coefficient (Wildman–Crippen LogP) is 7.90. The smallest absolute Gasteiger partial charge is 0.335 e. The van der Waals surface area contributed by atoms with Crippen molar-refractivity contribution >= 4 is 86.4 Å². The van der Waals surface area contributed by atoms with Gasteiger partial charge in [0.25, 0.3) is 5.91 Å². The van der Waals surface area contributed by atoms with E-state index in [4.69, 9.17) is 32.7 Å². The van der Waals surface area contributed by atoms with E-state index in [0.717, 1.165) is 14.7 Å². The van der Waals surface area contributed by atoms with E-state index in [9.17, 15) is 14.7 Å². The number of carboxylic acids is 1. The van der Waals surface area contributed by atoms with Gasteiger partial charge in [0.2, 0.25) is 0 Å². The van der Waals surface area contributed by atoms with Gasteiger partial charge in [0.1, 0.15) is 6.61 Å². The van der Waals surface area contributed by atoms with E-state index in [1.54, 1.807) is 35.2 Å². The minimum absolute atomic E-state index is 0.128. The van der Waals surface area contributed by atoms with Crippen molar-refractivity contribution in [2.75, 3.05) is 13.2 Å². The van der Waals surface area contributed by atoms with E-state index in [0.29, 0.717) is 50.5 Å². The summed E-state index contributed by atoms with van der Waals surface area (Å²) in [5, 5.41) is 10.8. The minimum atomic E-state index is -1.04. The summed E-state index contributed by atoms with van der Waals surface area (Å²) >= 11 is 15.7. The van der Waals surface area contributed by atoms with Gasteiger partial charge < -0.3 is 14.6 Å². The Labute approximate surface area is 253 Å². The molecule has 0 bridgehead atoms. The van der Waals surface area contributed by atoms with E-state index in [1.807, 2.05) is 32.0 Å². The molecule has 1 aliphatic rings. The Morgan fingerprint density at radius 2 is 1.92 bits per heavy atom. The fourth-order valence-corrected chi connectivity index (χ4v) is 6.01. The summed E-state index contributed by atoms with van der Waals surface area (Å²) < 4.78 is 12.8. The zero-order chi connectivity index (χ0) is 28.1. The van der Waals surface area contributed by atoms with Crippen molar-refractivity contribution < 1.29 is 24.2 Å². The monoisotopic (exact) mass is 696 g/mol. The number of thioether (sulfide) groups is 1. The number of amides is 1. The molecule has 4 rings (SSSR count). The molecule has 1 heterocycles. The van der Waals surface area contributed by atoms with Crippen LogP contribution in [0.3, 0.4) is 0 Å². The number of carboxylic acid groups (broad SMARTS) is 1. The molecule has 0 spiro atoms. The second kappa shape index (κ2) is 13.1. The van der Waals surface area contributed by atoms with Crippen molar-refractivity contribution in [3.63, 3.8) is 0 Å². The number of carbonyl (C=O) groups excluding carboxylic acids is 1. The molecule has 0 atom stereocenters. The van der Waals surface area contributed by atoms with Crippen LogP contribution in [0.25, 0.3) is 6.08 Å². The minimum Gasteiger partial charge on any atom is -0.490 e. The number of ether oxygens (including phenoxy) is 2. The van der Waals surface area contributed by atoms with Crippen LogP contribution in [0, 0.1) is 3.57 Å². The van der Waals surface area contributed by atoms with E-state index < -0.39 is 5.97 Å². The second-order valence-corrected chi connectivity index (χ2v) is 11.2. The Balaban J connectivity index is 1.62. The molecule has 1 saturated heterocycles. The summed E-state index contributed by atoms with van der Waals surface area (Å²) in [5.41, 5.74) is 2.14. The third-order valence-corrected chi connectivity index (χ3v) is 7.93. The third kappa shape index (κ3) is 7.08. The van der Waals surface area contributed by atoms with Gasteiger partial charge in [0, 0.05) is 22.2 Å². The molecule has 202 valence electrons. The maximum Gasteiger partial charge on any atom is 0.335 e. The molecule has 3 aromatic carbocycles. The number of halogens is 3. The Kier molecular flexibility index (Phi) is 9.81. The lowest BCUT2D eigenvalue weighted by Gasteiger charge is -2.15. The second-order valence-electron chi connectivity index (χ2n) is 8.20. The van der Waals surface area contributed by atoms with Crippen molar-refractivity contribution in [1.29, 1.82) is 0 Å². The van der Waals surface area contributed by atoms with Crippen molar-refractivity contribution in [2.45, 2.75) is 20.5 Å². The van der Waals surface area contributed by atoms with Gasteiger partial charge in [-0.15, -0.1) is 0 Å². The van der Waals surface area contributed by atoms with Crippen molar-refractivity contribution in [2.24, 2.45) is 4.99 Å². The number of aromatic carboxylic acids is 1. The van der Waals surface area contributed by atoms with E-state index in [1.165, 1.54) is 23.9 Å². The highest BCUT2D eigenvalue weighted by molar-refractivity contribution is 14.1. The molecule has 0 aliphatic carbocycles. The van der Waals surface area contributed by atoms with Crippen LogP contribution in [0.5, 0.6) is 11.5 Å². The van der Waals surface area contributed by atoms with Crippen LogP contribution >= 0.6 is 57.6 Å². The van der Waals surface area contributed by atoms with Crippen LogP contribution in [-0.4, -0.2) is 40.2 Å². The summed E-state index contributed by atoms with van der Waals surface area (Å²) in [7, 11) is 0. The molecule has 11 heteroatoms. The quantitative estimate of drug-likeness (QED) is 0.181. The van der Waals surface area contributed by atoms with Crippen LogP contribution in [-0.2, 0) is 11.4 Å². The van der Waals surface area contributed by atoms with Gasteiger partial charge in [-0.3, -0.25) is 9.69 Å². The first-order chi connectivity index (χ1) is 18.7. The number of rotatable bonds is 9. The third-order valence-electron chi connectivity index (χ3n) is 5.54. The average Bonchev–Trinajstić information content (AvgIpc) is 3.18. The van der Waals surface area contributed by atoms with Crippen LogP contribution in [0.1, 0.15) is 35.3 Å². The molecule has 0 unspecified atom stereocenters. The highest BCUT2D eigenvalue weighted by atomic mass is 127. The molecule has 3 aromatic rings. The van der Waals surface area contributed by atoms with Crippen LogP contribution in [0.4, 0.5) is 5.69 Å². The van der Waals surface area contributed by atoms with Crippen LogP contribution in [0.2, 0.25) is 10.0 Å². The molecule has 0 saturated carbocycles. The topological polar surface area (TPSA) is 88.4 Å². The fraction of sp³-hybridized carbons (Fsp3) is 0.179. The Hall–Kier alpha value is -2.73. The lowest BCUT2D eigenvalue weighted by Crippen LogP contribution is -2.28. The number of nitrogens with zero attached hydrogens (tertiary/aromatic N) is 2. The van der Waals surface area contributed by atoms with Gasteiger partial charge in [0.15, 0.2) is 16.7 Å². The van der Waals surface area contributed by atoms with E-state index in [2.05, 4.69) is 27.6 Å². The van der Waals surface area contributed by atoms with Crippen LogP contribution in [0.15, 0.2) is 64.5 Å². The number of hydrogen-bond donors (Lipinski definition) is 1. The van der Waals surface area contributed by atoms with Crippen molar-refractivity contribution in [1.82, 2.24) is 4.90 Å². The summed E-state index contributed by atoms with van der Waals surface area (Å²) in [5.74, 6) is -0.0971. The number of likely N-dealkylation sites (N-methyl/N-ethyl adjacent to an activating group) is 1. The molecule has 1 aliphatic heterocycles. The van der Waals surface area contributed by atoms with Crippen molar-refractivity contribution in [3.8, 4) is 11.5 Å². The molecule has 1 amide bonds. The molecular formula is C28H23Cl2IN2O5S. The number of benzene rings is 3. The first-order valence-corrected chi connectivity index (χ1v) is 14.5. The molecule has 0 radical (unpaired) electrons. The highest BCUT2D eigenvalue weighted by Crippen LogP contribution is 2.39. The lowest BCUT2D eigenvalue weighted by atomic mass is 10.1. The summed E-state index contributed by atoms with van der Waals surface area (Å²) in [6, 6.07) is 15.3. The molecule has 1 fully saturated rings. The van der Waals surface area contributed by atoms with Gasteiger partial charge in [0.05, 0.1) is 26.3 Å². The normalized spacial score (nSPS) is 15.3. The molecule has 1 N–H and O–H groups in total. The Bertz CT molecular complexity index is 1490. The summed E-state index contributed by atoms with van der Waals surface area (Å²) in [6.45, 7) is 4.82. The zero-order valence-electron chi connectivity index (χ0n) is 20.9. The van der Waals surface area contributed by atoms with Gasteiger partial charge in [-0.2, -0.15) is 0 Å². The lowest BCUT2D eigenvalue weighted by molar-refractivity contribution is -0.122. The molecule has 39 heavy (non-hydrogen) atoms. The van der Waals surface area contributed by atoms with Crippen LogP contribution < -0.4 is 9.47 Å². The van der Waals surface area contributed by atoms with E-state index >= 15 is 0 Å². The fourth-order valence-electron chi connectivity index (χ4n) is 3.70. The predicted molar refractivity (Wildman–Crippen MR) is 165 cm³/mol. The number of amidine groups is 1. The summed E-state index contributed by atoms with van der Waals surface area (Å²) in [6.07, 6.45) is 1.79. The Morgan fingerprint density at radius 1 is 1.13 bits per heavy atom. The highest BCUT2D eigenvalue weighted by Gasteiger charge is 2.32.